The molecule has 4 N–H and O–H groups in total. The molecule has 1 amide bonds. The molecule has 8 nitrogen and oxygen atoms in total. The van der Waals surface area contributed by atoms with Gasteiger partial charge in [0.1, 0.15) is 11.4 Å². The third-order valence-electron chi connectivity index (χ3n) is 5.54. The number of benzene rings is 2. The molecule has 0 saturated carbocycles. The lowest BCUT2D eigenvalue weighted by molar-refractivity contribution is -0.134. The maximum atomic E-state index is 14.6. The SMILES string of the molecule is CC(=O)O.O=C(c1ccc(F)c(F)c1Nc1ccc(I)cc1F)N1CC(O)(CNCCc2cccnc2)C1. The van der Waals surface area contributed by atoms with Gasteiger partial charge < -0.3 is 25.7 Å². The summed E-state index contributed by atoms with van der Waals surface area (Å²) in [7, 11) is 0. The van der Waals surface area contributed by atoms with Crippen LogP contribution in [0.3, 0.4) is 0 Å². The number of carbonyl (C=O) groups excluding carboxylic acids is 1. The molecule has 38 heavy (non-hydrogen) atoms. The summed E-state index contributed by atoms with van der Waals surface area (Å²) < 4.78 is 43.4. The number of β-amino-alcohol motifs (C(OH)–C–C–N with tert-alkyl or cyclic N) is 1. The monoisotopic (exact) mass is 642 g/mol. The van der Waals surface area contributed by atoms with Gasteiger partial charge in [0.15, 0.2) is 11.6 Å². The van der Waals surface area contributed by atoms with Crippen LogP contribution in [0.2, 0.25) is 0 Å². The minimum Gasteiger partial charge on any atom is -0.481 e. The van der Waals surface area contributed by atoms with Crippen LogP contribution >= 0.6 is 22.6 Å². The zero-order valence-corrected chi connectivity index (χ0v) is 22.5. The third-order valence-corrected chi connectivity index (χ3v) is 6.21. The van der Waals surface area contributed by atoms with E-state index in [0.717, 1.165) is 31.0 Å². The summed E-state index contributed by atoms with van der Waals surface area (Å²) >= 11 is 1.93. The fourth-order valence-electron chi connectivity index (χ4n) is 3.77. The highest BCUT2D eigenvalue weighted by atomic mass is 127. The summed E-state index contributed by atoms with van der Waals surface area (Å²) in [5.74, 6) is -4.53. The van der Waals surface area contributed by atoms with Crippen molar-refractivity contribution in [1.29, 1.82) is 0 Å². The Balaban J connectivity index is 0.000000934. The highest BCUT2D eigenvalue weighted by Crippen LogP contribution is 2.31. The highest BCUT2D eigenvalue weighted by molar-refractivity contribution is 14.1. The van der Waals surface area contributed by atoms with Gasteiger partial charge in [0.25, 0.3) is 11.9 Å². The molecule has 2 heterocycles. The van der Waals surface area contributed by atoms with Crippen molar-refractivity contribution >= 4 is 45.8 Å². The van der Waals surface area contributed by atoms with Gasteiger partial charge in [0.2, 0.25) is 0 Å². The number of likely N-dealkylation sites (tertiary alicyclic amines) is 1. The van der Waals surface area contributed by atoms with Crippen molar-refractivity contribution in [2.75, 3.05) is 31.5 Å². The molecule has 0 bridgehead atoms. The first-order valence-electron chi connectivity index (χ1n) is 11.5. The number of nitrogens with zero attached hydrogens (tertiary/aromatic N) is 2. The molecule has 1 aliphatic rings. The molecule has 12 heteroatoms. The summed E-state index contributed by atoms with van der Waals surface area (Å²) in [6.45, 7) is 2.04. The lowest BCUT2D eigenvalue weighted by atomic mass is 9.92. The standard InChI is InChI=1S/C24H22F3IN4O2.C2H4O2/c25-18-5-4-17(22(21(18)27)31-20-6-3-16(28)10-19(20)26)23(33)32-13-24(34,14-32)12-30-9-7-15-2-1-8-29-11-15;1-2(3)4/h1-6,8,10-11,30-31,34H,7,9,12-14H2;1H3,(H,3,4). The Bertz CT molecular complexity index is 1290. The Morgan fingerprint density at radius 3 is 2.47 bits per heavy atom. The molecule has 0 unspecified atom stereocenters. The van der Waals surface area contributed by atoms with Gasteiger partial charge in [-0.3, -0.25) is 14.6 Å². The minimum absolute atomic E-state index is 0.0298. The Kier molecular flexibility index (Phi) is 10.1. The van der Waals surface area contributed by atoms with E-state index in [9.17, 15) is 23.1 Å². The van der Waals surface area contributed by atoms with Crippen LogP contribution in [-0.2, 0) is 11.2 Å². The second-order valence-corrected chi connectivity index (χ2v) is 9.97. The predicted molar refractivity (Wildman–Crippen MR) is 144 cm³/mol. The number of aliphatic hydroxyl groups is 1. The van der Waals surface area contributed by atoms with Crippen molar-refractivity contribution < 1.29 is 33.0 Å². The van der Waals surface area contributed by atoms with Gasteiger partial charge in [-0.05, 0) is 77.5 Å². The van der Waals surface area contributed by atoms with E-state index in [0.29, 0.717) is 10.1 Å². The lowest BCUT2D eigenvalue weighted by Crippen LogP contribution is -2.67. The summed E-state index contributed by atoms with van der Waals surface area (Å²) in [4.78, 5) is 27.4. The largest absolute Gasteiger partial charge is 0.481 e. The summed E-state index contributed by atoms with van der Waals surface area (Å²) in [6.07, 6.45) is 4.21. The first kappa shape index (κ1) is 29.3. The average Bonchev–Trinajstić information content (AvgIpc) is 2.84. The quantitative estimate of drug-likeness (QED) is 0.217. The van der Waals surface area contributed by atoms with E-state index in [4.69, 9.17) is 9.90 Å². The summed E-state index contributed by atoms with van der Waals surface area (Å²) in [5.41, 5.74) is -0.746. The van der Waals surface area contributed by atoms with Gasteiger partial charge in [-0.25, -0.2) is 13.2 Å². The van der Waals surface area contributed by atoms with Crippen LogP contribution in [0.25, 0.3) is 0 Å². The highest BCUT2D eigenvalue weighted by Gasteiger charge is 2.44. The second-order valence-electron chi connectivity index (χ2n) is 8.73. The molecular weight excluding hydrogens is 616 g/mol. The minimum atomic E-state index is -1.28. The molecule has 0 radical (unpaired) electrons. The Morgan fingerprint density at radius 1 is 1.13 bits per heavy atom. The van der Waals surface area contributed by atoms with Gasteiger partial charge in [0, 0.05) is 29.4 Å². The number of hydrogen-bond acceptors (Lipinski definition) is 6. The van der Waals surface area contributed by atoms with Crippen molar-refractivity contribution in [3.05, 3.63) is 87.0 Å². The van der Waals surface area contributed by atoms with E-state index in [1.807, 2.05) is 34.7 Å². The smallest absolute Gasteiger partial charge is 0.300 e. The second kappa shape index (κ2) is 13.0. The van der Waals surface area contributed by atoms with Crippen molar-refractivity contribution in [2.45, 2.75) is 18.9 Å². The Labute approximate surface area is 231 Å². The van der Waals surface area contributed by atoms with Crippen molar-refractivity contribution in [3.63, 3.8) is 0 Å². The number of nitrogens with one attached hydrogen (secondary N) is 2. The van der Waals surface area contributed by atoms with Crippen molar-refractivity contribution in [1.82, 2.24) is 15.2 Å². The molecule has 0 spiro atoms. The Morgan fingerprint density at radius 2 is 1.84 bits per heavy atom. The van der Waals surface area contributed by atoms with Crippen LogP contribution in [0, 0.1) is 21.0 Å². The van der Waals surface area contributed by atoms with E-state index in [2.05, 4.69) is 15.6 Å². The molecule has 3 aromatic rings. The predicted octanol–water partition coefficient (Wildman–Crippen LogP) is 3.96. The first-order valence-corrected chi connectivity index (χ1v) is 12.6. The zero-order chi connectivity index (χ0) is 27.9. The third kappa shape index (κ3) is 7.88. The van der Waals surface area contributed by atoms with Crippen LogP contribution in [0.1, 0.15) is 22.8 Å². The van der Waals surface area contributed by atoms with Crippen LogP contribution in [-0.4, -0.2) is 63.8 Å². The number of pyridine rings is 1. The lowest BCUT2D eigenvalue weighted by Gasteiger charge is -2.46. The number of carboxylic acids is 1. The summed E-state index contributed by atoms with van der Waals surface area (Å²) in [6, 6.07) is 10.0. The van der Waals surface area contributed by atoms with E-state index < -0.39 is 40.6 Å². The number of aliphatic carboxylic acids is 1. The Hall–Kier alpha value is -3.23. The van der Waals surface area contributed by atoms with Crippen LogP contribution in [0.5, 0.6) is 0 Å². The maximum absolute atomic E-state index is 14.6. The average molecular weight is 642 g/mol. The van der Waals surface area contributed by atoms with E-state index in [1.54, 1.807) is 18.5 Å². The van der Waals surface area contributed by atoms with Gasteiger partial charge in [-0.2, -0.15) is 0 Å². The topological polar surface area (TPSA) is 115 Å². The molecule has 202 valence electrons. The molecule has 0 aliphatic carbocycles. The van der Waals surface area contributed by atoms with Crippen LogP contribution in [0.4, 0.5) is 24.5 Å². The van der Waals surface area contributed by atoms with Gasteiger partial charge in [-0.15, -0.1) is 0 Å². The number of carboxylic acid groups (broad SMARTS) is 1. The zero-order valence-electron chi connectivity index (χ0n) is 20.3. The molecule has 1 aromatic heterocycles. The van der Waals surface area contributed by atoms with Crippen molar-refractivity contribution in [2.24, 2.45) is 0 Å². The van der Waals surface area contributed by atoms with Gasteiger partial charge in [-0.1, -0.05) is 6.07 Å². The number of hydrogen-bond donors (Lipinski definition) is 4. The molecule has 2 aromatic carbocycles. The molecule has 1 aliphatic heterocycles. The summed E-state index contributed by atoms with van der Waals surface area (Å²) in [5, 5.41) is 23.8. The number of aromatic nitrogens is 1. The van der Waals surface area contributed by atoms with E-state index >= 15 is 0 Å². The van der Waals surface area contributed by atoms with Gasteiger partial charge in [0.05, 0.1) is 30.0 Å². The van der Waals surface area contributed by atoms with E-state index in [-0.39, 0.29) is 30.9 Å². The number of carbonyl (C=O) groups is 2. The normalized spacial score (nSPS) is 13.7. The molecular formula is C26H26F3IN4O4. The molecule has 0 atom stereocenters. The number of halogens is 4. The number of anilines is 2. The van der Waals surface area contributed by atoms with E-state index in [1.165, 1.54) is 17.0 Å². The number of amides is 1. The molecule has 4 rings (SSSR count). The number of rotatable bonds is 8. The van der Waals surface area contributed by atoms with Crippen LogP contribution < -0.4 is 10.6 Å². The first-order chi connectivity index (χ1) is 18.0. The maximum Gasteiger partial charge on any atom is 0.300 e. The molecule has 1 saturated heterocycles. The van der Waals surface area contributed by atoms with Crippen LogP contribution in [0.15, 0.2) is 54.9 Å². The van der Waals surface area contributed by atoms with Gasteiger partial charge >= 0.3 is 0 Å². The fraction of sp³-hybridized carbons (Fsp3) is 0.269. The van der Waals surface area contributed by atoms with Crippen molar-refractivity contribution in [3.8, 4) is 0 Å². The molecule has 1 fully saturated rings. The fourth-order valence-corrected chi connectivity index (χ4v) is 4.22.